The first-order valence-corrected chi connectivity index (χ1v) is 12.0. The third kappa shape index (κ3) is 7.21. The second-order valence-electron chi connectivity index (χ2n) is 7.69. The average Bonchev–Trinajstić information content (AvgIpc) is 3.10. The summed E-state index contributed by atoms with van der Waals surface area (Å²) < 4.78 is 41.5. The van der Waals surface area contributed by atoms with Crippen LogP contribution in [0.15, 0.2) is 41.3 Å². The molecule has 0 amide bonds. The van der Waals surface area contributed by atoms with Gasteiger partial charge in [-0.2, -0.15) is 0 Å². The van der Waals surface area contributed by atoms with Crippen LogP contribution >= 0.6 is 11.3 Å². The van der Waals surface area contributed by atoms with Crippen LogP contribution in [0.25, 0.3) is 0 Å². The van der Waals surface area contributed by atoms with Crippen LogP contribution in [-0.2, 0) is 14.8 Å². The molecule has 1 aromatic heterocycles. The molecule has 0 aliphatic rings. The summed E-state index contributed by atoms with van der Waals surface area (Å²) >= 11 is 1.44. The van der Waals surface area contributed by atoms with Gasteiger partial charge in [0, 0.05) is 15.7 Å². The number of sulfonamides is 1. The maximum Gasteiger partial charge on any atom is 0.303 e. The Bertz CT molecular complexity index is 907. The number of rotatable bonds is 11. The predicted molar refractivity (Wildman–Crippen MR) is 113 cm³/mol. The number of benzene rings is 1. The maximum absolute atomic E-state index is 13.2. The topological polar surface area (TPSA) is 83.5 Å². The third-order valence-corrected chi connectivity index (χ3v) is 7.57. The largest absolute Gasteiger partial charge is 0.481 e. The van der Waals surface area contributed by atoms with E-state index in [1.807, 2.05) is 19.1 Å². The van der Waals surface area contributed by atoms with Gasteiger partial charge in [0.25, 0.3) is 0 Å². The van der Waals surface area contributed by atoms with E-state index in [0.717, 1.165) is 34.7 Å². The third-order valence-electron chi connectivity index (χ3n) is 4.65. The number of hydrogen-bond acceptors (Lipinski definition) is 4. The molecule has 29 heavy (non-hydrogen) atoms. The number of halogens is 1. The molecule has 2 rings (SSSR count). The highest BCUT2D eigenvalue weighted by atomic mass is 32.2. The Balaban J connectivity index is 2.23. The number of carboxylic acid groups (broad SMARTS) is 1. The zero-order valence-electron chi connectivity index (χ0n) is 16.9. The van der Waals surface area contributed by atoms with Gasteiger partial charge in [0.15, 0.2) is 0 Å². The van der Waals surface area contributed by atoms with Crippen LogP contribution in [0.3, 0.4) is 0 Å². The normalized spacial score (nSPS) is 14.1. The van der Waals surface area contributed by atoms with Crippen molar-refractivity contribution in [1.82, 2.24) is 4.72 Å². The van der Waals surface area contributed by atoms with Gasteiger partial charge in [-0.3, -0.25) is 4.79 Å². The molecule has 0 spiro atoms. The van der Waals surface area contributed by atoms with Crippen molar-refractivity contribution in [2.45, 2.75) is 63.3 Å². The number of thiophene rings is 1. The fraction of sp³-hybridized carbons (Fsp3) is 0.476. The van der Waals surface area contributed by atoms with E-state index in [2.05, 4.69) is 18.6 Å². The zero-order valence-corrected chi connectivity index (χ0v) is 18.5. The lowest BCUT2D eigenvalue weighted by molar-refractivity contribution is -0.137. The fourth-order valence-corrected chi connectivity index (χ4v) is 5.51. The van der Waals surface area contributed by atoms with Crippen LogP contribution in [0.4, 0.5) is 4.39 Å². The summed E-state index contributed by atoms with van der Waals surface area (Å²) in [5.74, 6) is -0.985. The van der Waals surface area contributed by atoms with Crippen molar-refractivity contribution in [1.29, 1.82) is 0 Å². The Labute approximate surface area is 176 Å². The molecule has 2 N–H and O–H groups in total. The quantitative estimate of drug-likeness (QED) is 0.495. The van der Waals surface area contributed by atoms with Gasteiger partial charge in [0.05, 0.1) is 17.4 Å². The molecule has 2 aromatic rings. The van der Waals surface area contributed by atoms with E-state index in [1.54, 1.807) is 0 Å². The standard InChI is InChI=1S/C21H28FNO4S2/c1-14(2)5-4-6-18(20-12-11-19(28-20)15(3)13-21(24)25)23-29(26,27)17-9-7-16(22)8-10-17/h7-12,14-15,18,23H,4-6,13H2,1-3H3,(H,24,25). The van der Waals surface area contributed by atoms with Gasteiger partial charge in [0.1, 0.15) is 5.82 Å². The molecular weight excluding hydrogens is 413 g/mol. The average molecular weight is 442 g/mol. The van der Waals surface area contributed by atoms with Gasteiger partial charge in [-0.15, -0.1) is 11.3 Å². The molecule has 0 aliphatic heterocycles. The van der Waals surface area contributed by atoms with E-state index in [-0.39, 0.29) is 17.2 Å². The number of carboxylic acids is 1. The van der Waals surface area contributed by atoms with Crippen LogP contribution in [0, 0.1) is 11.7 Å². The molecule has 5 nitrogen and oxygen atoms in total. The highest BCUT2D eigenvalue weighted by molar-refractivity contribution is 7.89. The van der Waals surface area contributed by atoms with Gasteiger partial charge in [-0.1, -0.05) is 33.6 Å². The van der Waals surface area contributed by atoms with Crippen LogP contribution < -0.4 is 4.72 Å². The zero-order chi connectivity index (χ0) is 21.6. The Morgan fingerprint density at radius 1 is 1.07 bits per heavy atom. The minimum absolute atomic E-state index is 0.0174. The van der Waals surface area contributed by atoms with Crippen LogP contribution in [0.5, 0.6) is 0 Å². The second kappa shape index (κ2) is 10.3. The van der Waals surface area contributed by atoms with Crippen molar-refractivity contribution in [3.05, 3.63) is 52.0 Å². The highest BCUT2D eigenvalue weighted by Gasteiger charge is 2.24. The molecule has 0 saturated carbocycles. The molecule has 1 heterocycles. The SMILES string of the molecule is CC(C)CCCC(NS(=O)(=O)c1ccc(F)cc1)c1ccc(C(C)CC(=O)O)s1. The van der Waals surface area contributed by atoms with Crippen molar-refractivity contribution >= 4 is 27.3 Å². The van der Waals surface area contributed by atoms with Crippen LogP contribution in [0.1, 0.15) is 68.2 Å². The molecule has 8 heteroatoms. The molecule has 0 bridgehead atoms. The summed E-state index contributed by atoms with van der Waals surface area (Å²) in [6.45, 7) is 6.09. The van der Waals surface area contributed by atoms with Crippen LogP contribution in [-0.4, -0.2) is 19.5 Å². The minimum Gasteiger partial charge on any atom is -0.481 e. The van der Waals surface area contributed by atoms with Crippen LogP contribution in [0.2, 0.25) is 0 Å². The summed E-state index contributed by atoms with van der Waals surface area (Å²) in [7, 11) is -3.81. The van der Waals surface area contributed by atoms with Crippen molar-refractivity contribution in [3.8, 4) is 0 Å². The fourth-order valence-electron chi connectivity index (χ4n) is 3.04. The lowest BCUT2D eigenvalue weighted by Gasteiger charge is -2.18. The Kier molecular flexibility index (Phi) is 8.36. The number of nitrogens with one attached hydrogen (secondary N) is 1. The maximum atomic E-state index is 13.2. The molecule has 160 valence electrons. The van der Waals surface area contributed by atoms with Crippen molar-refractivity contribution in [3.63, 3.8) is 0 Å². The van der Waals surface area contributed by atoms with Gasteiger partial charge in [-0.05, 0) is 48.7 Å². The van der Waals surface area contributed by atoms with Crippen molar-refractivity contribution in [2.24, 2.45) is 5.92 Å². The monoisotopic (exact) mass is 441 g/mol. The molecule has 1 aromatic carbocycles. The van der Waals surface area contributed by atoms with Gasteiger partial charge >= 0.3 is 5.97 Å². The lowest BCUT2D eigenvalue weighted by atomic mass is 10.0. The summed E-state index contributed by atoms with van der Waals surface area (Å²) in [6, 6.07) is 8.06. The van der Waals surface area contributed by atoms with Crippen molar-refractivity contribution in [2.75, 3.05) is 0 Å². The van der Waals surface area contributed by atoms with E-state index in [4.69, 9.17) is 5.11 Å². The van der Waals surface area contributed by atoms with E-state index < -0.39 is 27.9 Å². The Hall–Kier alpha value is -1.77. The van der Waals surface area contributed by atoms with Gasteiger partial charge in [0.2, 0.25) is 10.0 Å². The predicted octanol–water partition coefficient (Wildman–Crippen LogP) is 5.31. The molecule has 0 radical (unpaired) electrons. The number of hydrogen-bond donors (Lipinski definition) is 2. The first-order valence-electron chi connectivity index (χ1n) is 9.67. The molecule has 0 saturated heterocycles. The van der Waals surface area contributed by atoms with E-state index >= 15 is 0 Å². The first-order chi connectivity index (χ1) is 13.6. The smallest absolute Gasteiger partial charge is 0.303 e. The second-order valence-corrected chi connectivity index (χ2v) is 10.6. The van der Waals surface area contributed by atoms with E-state index in [1.165, 1.54) is 23.5 Å². The molecule has 2 atom stereocenters. The number of aliphatic carboxylic acids is 1. The summed E-state index contributed by atoms with van der Waals surface area (Å²) in [4.78, 5) is 12.8. The Morgan fingerprint density at radius 3 is 2.28 bits per heavy atom. The minimum atomic E-state index is -3.81. The Morgan fingerprint density at radius 2 is 1.69 bits per heavy atom. The molecule has 2 unspecified atom stereocenters. The van der Waals surface area contributed by atoms with Gasteiger partial charge < -0.3 is 5.11 Å². The number of carbonyl (C=O) groups is 1. The molecule has 0 aliphatic carbocycles. The summed E-state index contributed by atoms with van der Waals surface area (Å²) in [6.07, 6.45) is 2.49. The van der Waals surface area contributed by atoms with Gasteiger partial charge in [-0.25, -0.2) is 17.5 Å². The lowest BCUT2D eigenvalue weighted by Crippen LogP contribution is -2.28. The molecular formula is C21H28FNO4S2. The molecule has 0 fully saturated rings. The highest BCUT2D eigenvalue weighted by Crippen LogP contribution is 2.33. The summed E-state index contributed by atoms with van der Waals surface area (Å²) in [5.41, 5.74) is 0. The van der Waals surface area contributed by atoms with E-state index in [9.17, 15) is 17.6 Å². The summed E-state index contributed by atoms with van der Waals surface area (Å²) in [5, 5.41) is 9.01. The van der Waals surface area contributed by atoms with E-state index in [0.29, 0.717) is 12.3 Å². The first kappa shape index (κ1) is 23.5. The van der Waals surface area contributed by atoms with Crippen molar-refractivity contribution < 1.29 is 22.7 Å².